The van der Waals surface area contributed by atoms with Gasteiger partial charge in [0, 0.05) is 38.1 Å². The first-order valence-electron chi connectivity index (χ1n) is 16.6. The molecule has 1 aromatic heterocycles. The fourth-order valence-electron chi connectivity index (χ4n) is 5.99. The van der Waals surface area contributed by atoms with E-state index in [2.05, 4.69) is 15.6 Å². The largest absolute Gasteiger partial charge is 0.497 e. The number of aliphatic hydroxyl groups excluding tert-OH is 1. The minimum Gasteiger partial charge on any atom is -0.497 e. The van der Waals surface area contributed by atoms with Crippen molar-refractivity contribution in [1.82, 2.24) is 29.7 Å². The lowest BCUT2D eigenvalue weighted by Gasteiger charge is -2.34. The second kappa shape index (κ2) is 17.4. The van der Waals surface area contributed by atoms with E-state index in [1.54, 1.807) is 21.9 Å². The standard InChI is InChI=1S/C35H50N6O6S2/c1-24(2)20-40(49(45,46)29-14-12-28(47-6)13-15-29)22-31(42)30(18-26-10-8-7-9-11-26)38-34(43)33(25(3)4)41-17-16-39(35(41)44)21-27-23-48-32(37-27)19-36-5/h7-15,23-25,30-31,33,36,42H,16-22H2,1-6H3,(H,38,43)/t30-,31-,33-/m0/s1. The topological polar surface area (TPSA) is 144 Å². The van der Waals surface area contributed by atoms with Crippen LogP contribution in [0.15, 0.2) is 64.9 Å². The van der Waals surface area contributed by atoms with Crippen LogP contribution in [0.25, 0.3) is 0 Å². The lowest BCUT2D eigenvalue weighted by Crippen LogP contribution is -2.57. The number of sulfonamides is 1. The third-order valence-corrected chi connectivity index (χ3v) is 11.1. The van der Waals surface area contributed by atoms with Gasteiger partial charge in [-0.25, -0.2) is 18.2 Å². The molecule has 2 heterocycles. The van der Waals surface area contributed by atoms with Crippen molar-refractivity contribution in [2.75, 3.05) is 40.3 Å². The second-order valence-electron chi connectivity index (χ2n) is 13.1. The molecule has 12 nitrogen and oxygen atoms in total. The summed E-state index contributed by atoms with van der Waals surface area (Å²) in [4.78, 5) is 35.7. The summed E-state index contributed by atoms with van der Waals surface area (Å²) in [6, 6.07) is 13.7. The van der Waals surface area contributed by atoms with Crippen molar-refractivity contribution in [2.24, 2.45) is 11.8 Å². The number of urea groups is 1. The first kappa shape index (κ1) is 38.2. The van der Waals surface area contributed by atoms with Crippen molar-refractivity contribution in [1.29, 1.82) is 0 Å². The number of rotatable bonds is 18. The fourth-order valence-corrected chi connectivity index (χ4v) is 8.41. The third kappa shape index (κ3) is 10.0. The summed E-state index contributed by atoms with van der Waals surface area (Å²) < 4.78 is 34.2. The zero-order valence-corrected chi connectivity index (χ0v) is 30.8. The highest BCUT2D eigenvalue weighted by atomic mass is 32.2. The fraction of sp³-hybridized carbons (Fsp3) is 0.514. The predicted octanol–water partition coefficient (Wildman–Crippen LogP) is 3.57. The molecule has 3 amide bonds. The predicted molar refractivity (Wildman–Crippen MR) is 191 cm³/mol. The molecule has 49 heavy (non-hydrogen) atoms. The minimum atomic E-state index is -4.00. The van der Waals surface area contributed by atoms with Crippen LogP contribution in [-0.2, 0) is 34.3 Å². The Kier molecular flexibility index (Phi) is 13.6. The zero-order chi connectivity index (χ0) is 35.7. The van der Waals surface area contributed by atoms with Gasteiger partial charge in [0.1, 0.15) is 16.8 Å². The lowest BCUT2D eigenvalue weighted by molar-refractivity contribution is -0.128. The average molecular weight is 715 g/mol. The van der Waals surface area contributed by atoms with E-state index in [0.29, 0.717) is 31.9 Å². The number of aromatic nitrogens is 1. The SMILES string of the molecule is CNCc1nc(CN2CCN([C@H](C(=O)N[C@@H](Cc3ccccc3)[C@@H](O)CN(CC(C)C)S(=O)(=O)c3ccc(OC)cc3)C(C)C)C2=O)cs1. The molecule has 3 N–H and O–H groups in total. The molecule has 2 aromatic carbocycles. The van der Waals surface area contributed by atoms with E-state index in [0.717, 1.165) is 16.3 Å². The Hall–Kier alpha value is -3.56. The van der Waals surface area contributed by atoms with Crippen LogP contribution < -0.4 is 15.4 Å². The van der Waals surface area contributed by atoms with E-state index in [1.165, 1.54) is 34.9 Å². The minimum absolute atomic E-state index is 0.0315. The van der Waals surface area contributed by atoms with Crippen LogP contribution >= 0.6 is 11.3 Å². The average Bonchev–Trinajstić information content (AvgIpc) is 3.66. The number of hydrogen-bond donors (Lipinski definition) is 3. The van der Waals surface area contributed by atoms with Crippen LogP contribution in [-0.4, -0.2) is 103 Å². The molecule has 3 aromatic rings. The molecule has 4 rings (SSSR count). The molecule has 0 aliphatic carbocycles. The molecule has 0 unspecified atom stereocenters. The third-order valence-electron chi connectivity index (χ3n) is 8.39. The van der Waals surface area contributed by atoms with Crippen molar-refractivity contribution in [3.63, 3.8) is 0 Å². The Morgan fingerprint density at radius 1 is 1.06 bits per heavy atom. The maximum atomic E-state index is 14.1. The molecule has 0 saturated carbocycles. The summed E-state index contributed by atoms with van der Waals surface area (Å²) in [5.41, 5.74) is 1.67. The molecule has 1 aliphatic heterocycles. The number of hydrogen-bond acceptors (Lipinski definition) is 9. The molecule has 1 saturated heterocycles. The zero-order valence-electron chi connectivity index (χ0n) is 29.2. The Morgan fingerprint density at radius 3 is 2.37 bits per heavy atom. The van der Waals surface area contributed by atoms with E-state index < -0.39 is 34.1 Å². The summed E-state index contributed by atoms with van der Waals surface area (Å²) >= 11 is 1.54. The number of nitrogens with zero attached hydrogens (tertiary/aromatic N) is 4. The smallest absolute Gasteiger partial charge is 0.321 e. The van der Waals surface area contributed by atoms with Crippen LogP contribution in [0.5, 0.6) is 5.75 Å². The number of carbonyl (C=O) groups excluding carboxylic acids is 2. The molecule has 268 valence electrons. The van der Waals surface area contributed by atoms with E-state index in [1.807, 2.05) is 70.5 Å². The van der Waals surface area contributed by atoms with Crippen LogP contribution in [0.1, 0.15) is 44.0 Å². The van der Waals surface area contributed by atoms with Gasteiger partial charge in [-0.3, -0.25) is 4.79 Å². The van der Waals surface area contributed by atoms with Crippen molar-refractivity contribution >= 4 is 33.3 Å². The van der Waals surface area contributed by atoms with Crippen molar-refractivity contribution in [3.8, 4) is 5.75 Å². The number of methoxy groups -OCH3 is 1. The Labute approximate surface area is 294 Å². The van der Waals surface area contributed by atoms with Crippen LogP contribution in [0, 0.1) is 11.8 Å². The van der Waals surface area contributed by atoms with Gasteiger partial charge in [0.2, 0.25) is 15.9 Å². The van der Waals surface area contributed by atoms with Gasteiger partial charge in [0.25, 0.3) is 0 Å². The van der Waals surface area contributed by atoms with Gasteiger partial charge in [-0.15, -0.1) is 11.3 Å². The Balaban J connectivity index is 1.55. The molecular weight excluding hydrogens is 665 g/mol. The number of nitrogens with one attached hydrogen (secondary N) is 2. The number of aliphatic hydroxyl groups is 1. The summed E-state index contributed by atoms with van der Waals surface area (Å²) in [6.45, 7) is 9.35. The van der Waals surface area contributed by atoms with Gasteiger partial charge in [-0.1, -0.05) is 58.0 Å². The first-order valence-corrected chi connectivity index (χ1v) is 19.0. The van der Waals surface area contributed by atoms with Crippen LogP contribution in [0.3, 0.4) is 0 Å². The van der Waals surface area contributed by atoms with E-state index in [4.69, 9.17) is 4.74 Å². The monoisotopic (exact) mass is 714 g/mol. The van der Waals surface area contributed by atoms with Gasteiger partial charge in [0.15, 0.2) is 0 Å². The first-order chi connectivity index (χ1) is 23.3. The summed E-state index contributed by atoms with van der Waals surface area (Å²) in [7, 11) is -0.631. The van der Waals surface area contributed by atoms with E-state index in [9.17, 15) is 23.1 Å². The van der Waals surface area contributed by atoms with Crippen LogP contribution in [0.2, 0.25) is 0 Å². The quantitative estimate of drug-likeness (QED) is 0.182. The number of ether oxygens (including phenoxy) is 1. The molecule has 1 fully saturated rings. The van der Waals surface area contributed by atoms with Crippen molar-refractivity contribution in [2.45, 2.75) is 70.3 Å². The van der Waals surface area contributed by atoms with Crippen molar-refractivity contribution < 1.29 is 27.9 Å². The Morgan fingerprint density at radius 2 is 1.76 bits per heavy atom. The van der Waals surface area contributed by atoms with Gasteiger partial charge in [-0.2, -0.15) is 4.31 Å². The molecule has 0 radical (unpaired) electrons. The summed E-state index contributed by atoms with van der Waals surface area (Å²) in [5, 5.41) is 20.7. The lowest BCUT2D eigenvalue weighted by atomic mass is 9.97. The van der Waals surface area contributed by atoms with Gasteiger partial charge >= 0.3 is 6.03 Å². The molecule has 0 spiro atoms. The van der Waals surface area contributed by atoms with Gasteiger partial charge in [0.05, 0.1) is 36.4 Å². The van der Waals surface area contributed by atoms with Gasteiger partial charge < -0.3 is 30.3 Å². The van der Waals surface area contributed by atoms with Gasteiger partial charge in [-0.05, 0) is 55.1 Å². The van der Waals surface area contributed by atoms with Crippen molar-refractivity contribution in [3.05, 3.63) is 76.2 Å². The molecule has 1 aliphatic rings. The number of benzene rings is 2. The molecule has 14 heteroatoms. The molecule has 3 atom stereocenters. The summed E-state index contributed by atoms with van der Waals surface area (Å²) in [5.74, 6) is -0.131. The van der Waals surface area contributed by atoms with E-state index >= 15 is 0 Å². The maximum absolute atomic E-state index is 14.1. The van der Waals surface area contributed by atoms with E-state index in [-0.39, 0.29) is 42.3 Å². The Bertz CT molecular complexity index is 1620. The number of carbonyl (C=O) groups is 2. The number of amides is 3. The summed E-state index contributed by atoms with van der Waals surface area (Å²) in [6.07, 6.45) is -0.999. The highest BCUT2D eigenvalue weighted by Gasteiger charge is 2.40. The maximum Gasteiger partial charge on any atom is 0.321 e. The normalized spacial score (nSPS) is 15.7. The highest BCUT2D eigenvalue weighted by Crippen LogP contribution is 2.24. The number of thiazole rings is 1. The second-order valence-corrected chi connectivity index (χ2v) is 16.0. The highest BCUT2D eigenvalue weighted by molar-refractivity contribution is 7.89. The van der Waals surface area contributed by atoms with Crippen LogP contribution in [0.4, 0.5) is 4.79 Å². The molecular formula is C35H50N6O6S2. The molecule has 0 bridgehead atoms.